The van der Waals surface area contributed by atoms with Gasteiger partial charge in [-0.15, -0.1) is 0 Å². The Hall–Kier alpha value is -2.15. The van der Waals surface area contributed by atoms with Crippen molar-refractivity contribution in [2.45, 2.75) is 38.3 Å². The van der Waals surface area contributed by atoms with Crippen LogP contribution in [-0.2, 0) is 0 Å². The fourth-order valence-corrected chi connectivity index (χ4v) is 4.56. The first-order valence-electron chi connectivity index (χ1n) is 10.7. The van der Waals surface area contributed by atoms with Crippen LogP contribution in [0.1, 0.15) is 32.1 Å². The van der Waals surface area contributed by atoms with Crippen molar-refractivity contribution in [3.63, 3.8) is 0 Å². The molecule has 0 spiro atoms. The smallest absolute Gasteiger partial charge is 0.395 e. The number of likely N-dealkylation sites (tertiary alicyclic amines) is 1. The SMILES string of the molecule is Fc1cccc(-c2ccc(OCC3CCN(CC4(C(F)(F)F)CCC4)CC3)cc2F)c1. The van der Waals surface area contributed by atoms with E-state index in [1.54, 1.807) is 18.2 Å². The maximum absolute atomic E-state index is 14.5. The minimum Gasteiger partial charge on any atom is -0.493 e. The Morgan fingerprint density at radius 3 is 2.32 bits per heavy atom. The van der Waals surface area contributed by atoms with Gasteiger partial charge in [0.2, 0.25) is 0 Å². The average Bonchev–Trinajstić information content (AvgIpc) is 2.69. The van der Waals surface area contributed by atoms with E-state index in [0.29, 0.717) is 43.0 Å². The highest BCUT2D eigenvalue weighted by Crippen LogP contribution is 2.53. The van der Waals surface area contributed by atoms with E-state index >= 15 is 0 Å². The van der Waals surface area contributed by atoms with Gasteiger partial charge in [0.25, 0.3) is 0 Å². The van der Waals surface area contributed by atoms with Crippen molar-refractivity contribution >= 4 is 0 Å². The number of nitrogens with zero attached hydrogens (tertiary/aromatic N) is 1. The summed E-state index contributed by atoms with van der Waals surface area (Å²) in [5.74, 6) is -0.297. The van der Waals surface area contributed by atoms with Gasteiger partial charge in [-0.2, -0.15) is 13.2 Å². The summed E-state index contributed by atoms with van der Waals surface area (Å²) in [6.45, 7) is 1.74. The van der Waals surface area contributed by atoms with Crippen molar-refractivity contribution in [1.29, 1.82) is 0 Å². The second kappa shape index (κ2) is 8.77. The van der Waals surface area contributed by atoms with Crippen LogP contribution >= 0.6 is 0 Å². The summed E-state index contributed by atoms with van der Waals surface area (Å²) in [4.78, 5) is 1.93. The van der Waals surface area contributed by atoms with Gasteiger partial charge in [0, 0.05) is 18.2 Å². The summed E-state index contributed by atoms with van der Waals surface area (Å²) in [7, 11) is 0. The van der Waals surface area contributed by atoms with E-state index in [-0.39, 0.29) is 25.3 Å². The molecule has 0 unspecified atom stereocenters. The summed E-state index contributed by atoms with van der Waals surface area (Å²) >= 11 is 0. The molecule has 1 saturated carbocycles. The van der Waals surface area contributed by atoms with Crippen LogP contribution < -0.4 is 4.74 Å². The highest BCUT2D eigenvalue weighted by molar-refractivity contribution is 5.65. The molecule has 168 valence electrons. The van der Waals surface area contributed by atoms with Gasteiger partial charge in [-0.05, 0) is 74.5 Å². The number of alkyl halides is 3. The Kier molecular flexibility index (Phi) is 6.24. The zero-order chi connectivity index (χ0) is 22.1. The van der Waals surface area contributed by atoms with Gasteiger partial charge < -0.3 is 9.64 Å². The van der Waals surface area contributed by atoms with Crippen LogP contribution in [0.4, 0.5) is 22.0 Å². The molecule has 0 atom stereocenters. The van der Waals surface area contributed by atoms with Crippen LogP contribution in [0.25, 0.3) is 11.1 Å². The highest BCUT2D eigenvalue weighted by atomic mass is 19.4. The lowest BCUT2D eigenvalue weighted by Crippen LogP contribution is -2.53. The maximum Gasteiger partial charge on any atom is 0.395 e. The monoisotopic (exact) mass is 439 g/mol. The quantitative estimate of drug-likeness (QED) is 0.479. The summed E-state index contributed by atoms with van der Waals surface area (Å²) in [5, 5.41) is 0. The molecule has 0 aromatic heterocycles. The molecule has 2 aromatic rings. The number of hydrogen-bond donors (Lipinski definition) is 0. The Labute approximate surface area is 179 Å². The minimum absolute atomic E-state index is 0.0941. The molecule has 2 aliphatic rings. The Balaban J connectivity index is 1.28. The number of rotatable bonds is 6. The molecule has 4 rings (SSSR count). The molecule has 1 heterocycles. The average molecular weight is 439 g/mol. The van der Waals surface area contributed by atoms with Crippen LogP contribution in [0.15, 0.2) is 42.5 Å². The molecule has 0 radical (unpaired) electrons. The molecule has 31 heavy (non-hydrogen) atoms. The molecule has 0 bridgehead atoms. The molecule has 0 N–H and O–H groups in total. The molecule has 1 saturated heterocycles. The zero-order valence-electron chi connectivity index (χ0n) is 17.2. The third-order valence-corrected chi connectivity index (χ3v) is 6.71. The molecule has 2 aromatic carbocycles. The van der Waals surface area contributed by atoms with Crippen LogP contribution in [0.2, 0.25) is 0 Å². The van der Waals surface area contributed by atoms with Crippen LogP contribution in [-0.4, -0.2) is 37.3 Å². The van der Waals surface area contributed by atoms with Gasteiger partial charge in [0.15, 0.2) is 0 Å². The second-order valence-corrected chi connectivity index (χ2v) is 8.81. The second-order valence-electron chi connectivity index (χ2n) is 8.81. The summed E-state index contributed by atoms with van der Waals surface area (Å²) in [6, 6.07) is 10.3. The summed E-state index contributed by atoms with van der Waals surface area (Å²) in [5.41, 5.74) is -0.758. The van der Waals surface area contributed by atoms with Gasteiger partial charge >= 0.3 is 6.18 Å². The van der Waals surface area contributed by atoms with Gasteiger partial charge in [0.05, 0.1) is 12.0 Å². The van der Waals surface area contributed by atoms with E-state index in [9.17, 15) is 22.0 Å². The van der Waals surface area contributed by atoms with Crippen LogP contribution in [0.3, 0.4) is 0 Å². The van der Waals surface area contributed by atoms with Crippen LogP contribution in [0, 0.1) is 23.0 Å². The van der Waals surface area contributed by atoms with Gasteiger partial charge in [-0.1, -0.05) is 18.6 Å². The van der Waals surface area contributed by atoms with E-state index in [2.05, 4.69) is 0 Å². The van der Waals surface area contributed by atoms with Crippen molar-refractivity contribution in [3.8, 4) is 16.9 Å². The largest absolute Gasteiger partial charge is 0.493 e. The van der Waals surface area contributed by atoms with E-state index in [1.165, 1.54) is 24.3 Å². The molecule has 1 aliphatic heterocycles. The van der Waals surface area contributed by atoms with E-state index in [1.807, 2.05) is 4.90 Å². The summed E-state index contributed by atoms with van der Waals surface area (Å²) in [6.07, 6.45) is -1.49. The first-order chi connectivity index (χ1) is 14.8. The number of ether oxygens (including phenoxy) is 1. The first kappa shape index (κ1) is 22.1. The maximum atomic E-state index is 14.5. The highest BCUT2D eigenvalue weighted by Gasteiger charge is 2.58. The van der Waals surface area contributed by atoms with Crippen molar-refractivity contribution in [2.24, 2.45) is 11.3 Å². The Morgan fingerprint density at radius 2 is 1.74 bits per heavy atom. The van der Waals surface area contributed by atoms with Crippen LogP contribution in [0.5, 0.6) is 5.75 Å². The van der Waals surface area contributed by atoms with Crippen molar-refractivity contribution in [3.05, 3.63) is 54.1 Å². The molecular weight excluding hydrogens is 413 g/mol. The zero-order valence-corrected chi connectivity index (χ0v) is 17.2. The van der Waals surface area contributed by atoms with E-state index in [4.69, 9.17) is 4.74 Å². The molecule has 7 heteroatoms. The topological polar surface area (TPSA) is 12.5 Å². The van der Waals surface area contributed by atoms with Crippen molar-refractivity contribution in [1.82, 2.24) is 4.90 Å². The third kappa shape index (κ3) is 4.86. The first-order valence-corrected chi connectivity index (χ1v) is 10.7. The van der Waals surface area contributed by atoms with E-state index in [0.717, 1.165) is 12.8 Å². The third-order valence-electron chi connectivity index (χ3n) is 6.71. The number of hydrogen-bond acceptors (Lipinski definition) is 2. The predicted molar refractivity (Wildman–Crippen MR) is 109 cm³/mol. The number of piperidine rings is 1. The van der Waals surface area contributed by atoms with Gasteiger partial charge in [-0.3, -0.25) is 0 Å². The molecule has 2 fully saturated rings. The lowest BCUT2D eigenvalue weighted by molar-refractivity contribution is -0.256. The van der Waals surface area contributed by atoms with E-state index < -0.39 is 23.2 Å². The number of halogens is 5. The van der Waals surface area contributed by atoms with Gasteiger partial charge in [-0.25, -0.2) is 8.78 Å². The lowest BCUT2D eigenvalue weighted by Gasteiger charge is -2.47. The molecular formula is C24H26F5NO. The standard InChI is InChI=1S/C24H26F5NO/c25-19-4-1-3-18(13-19)21-6-5-20(14-22(21)26)31-15-17-7-11-30(12-8-17)16-23(9-2-10-23)24(27,28)29/h1,3-6,13-14,17H,2,7-12,15-16H2. The van der Waals surface area contributed by atoms with Gasteiger partial charge in [0.1, 0.15) is 17.4 Å². The fraction of sp³-hybridized carbons (Fsp3) is 0.500. The Bertz CT molecular complexity index is 901. The van der Waals surface area contributed by atoms with Crippen molar-refractivity contribution in [2.75, 3.05) is 26.2 Å². The molecule has 2 nitrogen and oxygen atoms in total. The summed E-state index contributed by atoms with van der Waals surface area (Å²) < 4.78 is 73.8. The lowest BCUT2D eigenvalue weighted by atomic mass is 9.67. The minimum atomic E-state index is -4.13. The molecule has 1 aliphatic carbocycles. The predicted octanol–water partition coefficient (Wildman–Crippen LogP) is 6.46. The fourth-order valence-electron chi connectivity index (χ4n) is 4.56. The number of benzene rings is 2. The van der Waals surface area contributed by atoms with Crippen molar-refractivity contribution < 1.29 is 26.7 Å². The Morgan fingerprint density at radius 1 is 1.00 bits per heavy atom. The molecule has 0 amide bonds. The normalized spacial score (nSPS) is 19.8.